The molecule has 2 heterocycles. The van der Waals surface area contributed by atoms with Crippen LogP contribution in [0.15, 0.2) is 29.1 Å². The van der Waals surface area contributed by atoms with Crippen LogP contribution in [0.25, 0.3) is 0 Å². The highest BCUT2D eigenvalue weighted by atomic mass is 16.1. The van der Waals surface area contributed by atoms with Gasteiger partial charge in [-0.2, -0.15) is 0 Å². The first-order chi connectivity index (χ1) is 11.5. The Balaban J connectivity index is 1.63. The zero-order valence-corrected chi connectivity index (χ0v) is 14.4. The van der Waals surface area contributed by atoms with E-state index in [0.29, 0.717) is 17.7 Å². The summed E-state index contributed by atoms with van der Waals surface area (Å²) in [7, 11) is 0. The summed E-state index contributed by atoms with van der Waals surface area (Å²) >= 11 is 0. The molecule has 1 fully saturated rings. The first-order valence-electron chi connectivity index (χ1n) is 8.32. The molecule has 1 aliphatic heterocycles. The van der Waals surface area contributed by atoms with Crippen LogP contribution in [-0.2, 0) is 0 Å². The Morgan fingerprint density at radius 3 is 2.33 bits per heavy atom. The zero-order chi connectivity index (χ0) is 17.1. The van der Waals surface area contributed by atoms with Crippen LogP contribution in [0.3, 0.4) is 0 Å². The number of nitrogens with zero attached hydrogens (tertiary/aromatic N) is 4. The molecular weight excluding hydrogens is 304 g/mol. The van der Waals surface area contributed by atoms with E-state index in [-0.39, 0.29) is 5.56 Å². The Kier molecular flexibility index (Phi) is 4.80. The number of aromatic nitrogens is 3. The summed E-state index contributed by atoms with van der Waals surface area (Å²) in [5, 5.41) is 10.8. The van der Waals surface area contributed by atoms with Crippen molar-refractivity contribution in [3.05, 3.63) is 40.3 Å². The van der Waals surface area contributed by atoms with Gasteiger partial charge in [0.25, 0.3) is 5.56 Å². The maximum Gasteiger partial charge on any atom is 0.273 e. The van der Waals surface area contributed by atoms with Gasteiger partial charge in [-0.3, -0.25) is 14.7 Å². The van der Waals surface area contributed by atoms with Crippen molar-refractivity contribution < 1.29 is 0 Å². The highest BCUT2D eigenvalue weighted by Crippen LogP contribution is 2.21. The lowest BCUT2D eigenvalue weighted by molar-refractivity contribution is 0.209. The number of rotatable bonds is 4. The van der Waals surface area contributed by atoms with E-state index >= 15 is 0 Å². The lowest BCUT2D eigenvalue weighted by atomic mass is 10.2. The lowest BCUT2D eigenvalue weighted by Crippen LogP contribution is -2.48. The third-order valence-corrected chi connectivity index (χ3v) is 4.40. The fourth-order valence-electron chi connectivity index (χ4n) is 2.84. The van der Waals surface area contributed by atoms with Gasteiger partial charge in [-0.25, -0.2) is 0 Å². The summed E-state index contributed by atoms with van der Waals surface area (Å²) in [6, 6.07) is 8.77. The van der Waals surface area contributed by atoms with Gasteiger partial charge >= 0.3 is 0 Å². The summed E-state index contributed by atoms with van der Waals surface area (Å²) in [5.74, 6) is 0.351. The Bertz CT molecular complexity index is 731. The summed E-state index contributed by atoms with van der Waals surface area (Å²) in [4.78, 5) is 19.1. The third kappa shape index (κ3) is 3.73. The molecule has 2 aromatic rings. The third-order valence-electron chi connectivity index (χ3n) is 4.40. The maximum atomic E-state index is 11.6. The van der Waals surface area contributed by atoms with Crippen LogP contribution in [0, 0.1) is 6.92 Å². The SMILES string of the molecule is Cc1nnc(Nc2ccc(N3CCN(C(C)C)CC3)cc2)[nH]c1=O. The van der Waals surface area contributed by atoms with Crippen molar-refractivity contribution in [1.29, 1.82) is 0 Å². The molecule has 0 amide bonds. The van der Waals surface area contributed by atoms with Crippen LogP contribution in [0.5, 0.6) is 0 Å². The van der Waals surface area contributed by atoms with E-state index in [1.165, 1.54) is 5.69 Å². The first kappa shape index (κ1) is 16.4. The van der Waals surface area contributed by atoms with Gasteiger partial charge in [-0.1, -0.05) is 0 Å². The second kappa shape index (κ2) is 7.00. The summed E-state index contributed by atoms with van der Waals surface area (Å²) in [5.41, 5.74) is 2.21. The average molecular weight is 328 g/mol. The van der Waals surface area contributed by atoms with Crippen LogP contribution < -0.4 is 15.8 Å². The van der Waals surface area contributed by atoms with Gasteiger partial charge < -0.3 is 10.2 Å². The van der Waals surface area contributed by atoms with Crippen LogP contribution in [-0.4, -0.2) is 52.3 Å². The Hall–Kier alpha value is -2.41. The fourth-order valence-corrected chi connectivity index (χ4v) is 2.84. The van der Waals surface area contributed by atoms with Gasteiger partial charge in [0, 0.05) is 43.6 Å². The molecule has 0 unspecified atom stereocenters. The van der Waals surface area contributed by atoms with Crippen LogP contribution in [0.1, 0.15) is 19.5 Å². The van der Waals surface area contributed by atoms with E-state index in [2.05, 4.69) is 56.3 Å². The monoisotopic (exact) mass is 328 g/mol. The molecule has 3 rings (SSSR count). The van der Waals surface area contributed by atoms with Crippen molar-refractivity contribution in [3.8, 4) is 0 Å². The fraction of sp³-hybridized carbons (Fsp3) is 0.471. The first-order valence-corrected chi connectivity index (χ1v) is 8.32. The number of piperazine rings is 1. The molecule has 1 aliphatic rings. The maximum absolute atomic E-state index is 11.6. The second-order valence-electron chi connectivity index (χ2n) is 6.38. The van der Waals surface area contributed by atoms with Crippen molar-refractivity contribution in [2.24, 2.45) is 0 Å². The highest BCUT2D eigenvalue weighted by Gasteiger charge is 2.18. The number of benzene rings is 1. The van der Waals surface area contributed by atoms with E-state index in [1.54, 1.807) is 6.92 Å². The van der Waals surface area contributed by atoms with Crippen molar-refractivity contribution in [2.75, 3.05) is 36.4 Å². The molecule has 0 aliphatic carbocycles. The molecule has 24 heavy (non-hydrogen) atoms. The molecule has 1 saturated heterocycles. The minimum atomic E-state index is -0.229. The summed E-state index contributed by atoms with van der Waals surface area (Å²) < 4.78 is 0. The summed E-state index contributed by atoms with van der Waals surface area (Å²) in [6.45, 7) is 10.4. The molecule has 0 radical (unpaired) electrons. The van der Waals surface area contributed by atoms with Gasteiger partial charge in [-0.15, -0.1) is 10.2 Å². The van der Waals surface area contributed by atoms with E-state index in [4.69, 9.17) is 0 Å². The predicted octanol–water partition coefficient (Wildman–Crippen LogP) is 1.75. The highest BCUT2D eigenvalue weighted by molar-refractivity contribution is 5.59. The Morgan fingerprint density at radius 1 is 1.08 bits per heavy atom. The van der Waals surface area contributed by atoms with Crippen molar-refractivity contribution in [1.82, 2.24) is 20.1 Å². The molecule has 1 aromatic carbocycles. The standard InChI is InChI=1S/C17H24N6O/c1-12(2)22-8-10-23(11-9-22)15-6-4-14(5-7-15)18-17-19-16(24)13(3)20-21-17/h4-7,12H,8-11H2,1-3H3,(H2,18,19,21,24). The number of aromatic amines is 1. The smallest absolute Gasteiger partial charge is 0.273 e. The van der Waals surface area contributed by atoms with Crippen molar-refractivity contribution in [3.63, 3.8) is 0 Å². The molecule has 128 valence electrons. The molecule has 7 nitrogen and oxygen atoms in total. The number of aryl methyl sites for hydroxylation is 1. The van der Waals surface area contributed by atoms with E-state index in [9.17, 15) is 4.79 Å². The molecule has 2 N–H and O–H groups in total. The van der Waals surface area contributed by atoms with Crippen molar-refractivity contribution in [2.45, 2.75) is 26.8 Å². The largest absolute Gasteiger partial charge is 0.369 e. The second-order valence-corrected chi connectivity index (χ2v) is 6.38. The minimum absolute atomic E-state index is 0.229. The van der Waals surface area contributed by atoms with Crippen LogP contribution in [0.2, 0.25) is 0 Å². The Labute approximate surface area is 141 Å². The number of H-pyrrole nitrogens is 1. The van der Waals surface area contributed by atoms with Gasteiger partial charge in [-0.05, 0) is 45.0 Å². The molecule has 0 bridgehead atoms. The minimum Gasteiger partial charge on any atom is -0.369 e. The number of hydrogen-bond donors (Lipinski definition) is 2. The van der Waals surface area contributed by atoms with Crippen LogP contribution in [0.4, 0.5) is 17.3 Å². The van der Waals surface area contributed by atoms with Gasteiger partial charge in [0.15, 0.2) is 0 Å². The van der Waals surface area contributed by atoms with Gasteiger partial charge in [0.2, 0.25) is 5.95 Å². The lowest BCUT2D eigenvalue weighted by Gasteiger charge is -2.38. The topological polar surface area (TPSA) is 77.2 Å². The van der Waals surface area contributed by atoms with E-state index < -0.39 is 0 Å². The number of anilines is 3. The van der Waals surface area contributed by atoms with E-state index in [0.717, 1.165) is 31.9 Å². The van der Waals surface area contributed by atoms with E-state index in [1.807, 2.05) is 12.1 Å². The number of hydrogen-bond acceptors (Lipinski definition) is 6. The molecule has 0 saturated carbocycles. The molecule has 7 heteroatoms. The Morgan fingerprint density at radius 2 is 1.75 bits per heavy atom. The molecule has 0 spiro atoms. The predicted molar refractivity (Wildman–Crippen MR) is 96.0 cm³/mol. The molecule has 1 aromatic heterocycles. The number of nitrogens with one attached hydrogen (secondary N) is 2. The zero-order valence-electron chi connectivity index (χ0n) is 14.4. The van der Waals surface area contributed by atoms with Gasteiger partial charge in [0.05, 0.1) is 0 Å². The quantitative estimate of drug-likeness (QED) is 0.890. The normalized spacial score (nSPS) is 15.8. The average Bonchev–Trinajstić information content (AvgIpc) is 2.59. The molecule has 0 atom stereocenters. The van der Waals surface area contributed by atoms with Crippen LogP contribution >= 0.6 is 0 Å². The van der Waals surface area contributed by atoms with Gasteiger partial charge in [0.1, 0.15) is 5.69 Å². The van der Waals surface area contributed by atoms with Crippen molar-refractivity contribution >= 4 is 17.3 Å². The summed E-state index contributed by atoms with van der Waals surface area (Å²) in [6.07, 6.45) is 0. The molecular formula is C17H24N6O.